The van der Waals surface area contributed by atoms with E-state index in [4.69, 9.17) is 9.47 Å². The second-order valence-electron chi connectivity index (χ2n) is 6.23. The molecule has 1 aromatic rings. The summed E-state index contributed by atoms with van der Waals surface area (Å²) in [4.78, 5) is 28.8. The molecule has 0 bridgehead atoms. The zero-order valence-corrected chi connectivity index (χ0v) is 15.4. The van der Waals surface area contributed by atoms with Crippen LogP contribution in [-0.4, -0.2) is 62.0 Å². The quantitative estimate of drug-likeness (QED) is 0.793. The van der Waals surface area contributed by atoms with Gasteiger partial charge in [-0.05, 0) is 25.0 Å². The van der Waals surface area contributed by atoms with Crippen molar-refractivity contribution in [1.29, 1.82) is 0 Å². The molecule has 0 saturated carbocycles. The van der Waals surface area contributed by atoms with Gasteiger partial charge in [-0.2, -0.15) is 0 Å². The molecule has 2 amide bonds. The minimum Gasteiger partial charge on any atom is -0.497 e. The number of amides is 2. The van der Waals surface area contributed by atoms with Gasteiger partial charge in [-0.3, -0.25) is 9.59 Å². The standard InChI is InChI=1S/C19H28N2O4/c1-4-5-7-18(22)20-8-6-9-21(11-10-20)19(23)15-12-16(24-2)14-17(13-15)25-3/h12-14H,4-11H2,1-3H3. The Bertz CT molecular complexity index is 581. The van der Waals surface area contributed by atoms with Crippen LogP contribution in [-0.2, 0) is 4.79 Å². The van der Waals surface area contributed by atoms with Gasteiger partial charge < -0.3 is 19.3 Å². The largest absolute Gasteiger partial charge is 0.497 e. The number of rotatable bonds is 6. The fourth-order valence-corrected chi connectivity index (χ4v) is 2.97. The maximum atomic E-state index is 12.8. The van der Waals surface area contributed by atoms with Crippen LogP contribution in [0.5, 0.6) is 11.5 Å². The number of methoxy groups -OCH3 is 2. The number of carbonyl (C=O) groups excluding carboxylic acids is 2. The molecule has 1 aliphatic rings. The summed E-state index contributed by atoms with van der Waals surface area (Å²) in [5.41, 5.74) is 0.543. The molecule has 1 aliphatic heterocycles. The van der Waals surface area contributed by atoms with Crippen LogP contribution in [0, 0.1) is 0 Å². The highest BCUT2D eigenvalue weighted by Crippen LogP contribution is 2.24. The topological polar surface area (TPSA) is 59.1 Å². The highest BCUT2D eigenvalue weighted by atomic mass is 16.5. The molecule has 0 atom stereocenters. The van der Waals surface area contributed by atoms with Gasteiger partial charge in [0, 0.05) is 44.2 Å². The summed E-state index contributed by atoms with van der Waals surface area (Å²) in [6.45, 7) is 4.59. The summed E-state index contributed by atoms with van der Waals surface area (Å²) >= 11 is 0. The van der Waals surface area contributed by atoms with Gasteiger partial charge in [0.15, 0.2) is 0 Å². The summed E-state index contributed by atoms with van der Waals surface area (Å²) in [7, 11) is 3.13. The molecule has 0 N–H and O–H groups in total. The highest BCUT2D eigenvalue weighted by Gasteiger charge is 2.23. The number of ether oxygens (including phenoxy) is 2. The molecule has 0 spiro atoms. The van der Waals surface area contributed by atoms with E-state index in [1.54, 1.807) is 37.3 Å². The first-order chi connectivity index (χ1) is 12.1. The van der Waals surface area contributed by atoms with Crippen molar-refractivity contribution in [3.05, 3.63) is 23.8 Å². The molecule has 1 saturated heterocycles. The summed E-state index contributed by atoms with van der Waals surface area (Å²) in [5, 5.41) is 0. The summed E-state index contributed by atoms with van der Waals surface area (Å²) in [6.07, 6.45) is 3.33. The van der Waals surface area contributed by atoms with E-state index in [1.165, 1.54) is 0 Å². The van der Waals surface area contributed by atoms with Gasteiger partial charge in [-0.15, -0.1) is 0 Å². The zero-order chi connectivity index (χ0) is 18.2. The minimum atomic E-state index is -0.0555. The van der Waals surface area contributed by atoms with Crippen molar-refractivity contribution < 1.29 is 19.1 Å². The van der Waals surface area contributed by atoms with Gasteiger partial charge in [0.05, 0.1) is 14.2 Å². The number of benzene rings is 1. The van der Waals surface area contributed by atoms with E-state index in [0.29, 0.717) is 49.7 Å². The van der Waals surface area contributed by atoms with Crippen molar-refractivity contribution in [2.24, 2.45) is 0 Å². The fourth-order valence-electron chi connectivity index (χ4n) is 2.97. The van der Waals surface area contributed by atoms with Crippen molar-refractivity contribution in [3.8, 4) is 11.5 Å². The number of hydrogen-bond donors (Lipinski definition) is 0. The Kier molecular flexibility index (Phi) is 7.10. The van der Waals surface area contributed by atoms with E-state index in [0.717, 1.165) is 19.3 Å². The average Bonchev–Trinajstić information content (AvgIpc) is 2.91. The van der Waals surface area contributed by atoms with Crippen molar-refractivity contribution in [2.45, 2.75) is 32.6 Å². The minimum absolute atomic E-state index is 0.0555. The second-order valence-corrected chi connectivity index (χ2v) is 6.23. The molecule has 0 aliphatic carbocycles. The maximum Gasteiger partial charge on any atom is 0.254 e. The molecule has 138 valence electrons. The molecule has 25 heavy (non-hydrogen) atoms. The molecular weight excluding hydrogens is 320 g/mol. The third kappa shape index (κ3) is 5.11. The molecule has 2 rings (SSSR count). The Morgan fingerprint density at radius 2 is 1.56 bits per heavy atom. The predicted molar refractivity (Wildman–Crippen MR) is 96.2 cm³/mol. The normalized spacial score (nSPS) is 14.8. The smallest absolute Gasteiger partial charge is 0.254 e. The van der Waals surface area contributed by atoms with E-state index < -0.39 is 0 Å². The van der Waals surface area contributed by atoms with Crippen LogP contribution in [0.1, 0.15) is 43.0 Å². The summed E-state index contributed by atoms with van der Waals surface area (Å²) in [6, 6.07) is 5.19. The monoisotopic (exact) mass is 348 g/mol. The van der Waals surface area contributed by atoms with E-state index in [-0.39, 0.29) is 11.8 Å². The van der Waals surface area contributed by atoms with Crippen LogP contribution in [0.15, 0.2) is 18.2 Å². The Labute approximate surface area is 149 Å². The number of unbranched alkanes of at least 4 members (excludes halogenated alkanes) is 1. The molecule has 0 aromatic heterocycles. The van der Waals surface area contributed by atoms with Crippen molar-refractivity contribution >= 4 is 11.8 Å². The van der Waals surface area contributed by atoms with Crippen LogP contribution < -0.4 is 9.47 Å². The van der Waals surface area contributed by atoms with E-state index in [2.05, 4.69) is 6.92 Å². The molecule has 6 nitrogen and oxygen atoms in total. The maximum absolute atomic E-state index is 12.8. The third-order valence-electron chi connectivity index (χ3n) is 4.48. The van der Waals surface area contributed by atoms with Crippen LogP contribution in [0.3, 0.4) is 0 Å². The van der Waals surface area contributed by atoms with Crippen LogP contribution in [0.2, 0.25) is 0 Å². The molecular formula is C19H28N2O4. The SMILES string of the molecule is CCCCC(=O)N1CCCN(C(=O)c2cc(OC)cc(OC)c2)CC1. The van der Waals surface area contributed by atoms with Crippen molar-refractivity contribution in [1.82, 2.24) is 9.80 Å². The lowest BCUT2D eigenvalue weighted by atomic mass is 10.1. The number of nitrogens with zero attached hydrogens (tertiary/aromatic N) is 2. The van der Waals surface area contributed by atoms with Gasteiger partial charge in [0.2, 0.25) is 5.91 Å². The lowest BCUT2D eigenvalue weighted by Crippen LogP contribution is -2.37. The van der Waals surface area contributed by atoms with Gasteiger partial charge in [0.1, 0.15) is 11.5 Å². The van der Waals surface area contributed by atoms with Crippen LogP contribution in [0.25, 0.3) is 0 Å². The van der Waals surface area contributed by atoms with Gasteiger partial charge in [-0.1, -0.05) is 13.3 Å². The molecule has 0 radical (unpaired) electrons. The Hall–Kier alpha value is -2.24. The highest BCUT2D eigenvalue weighted by molar-refractivity contribution is 5.95. The van der Waals surface area contributed by atoms with Crippen LogP contribution >= 0.6 is 0 Å². The molecule has 6 heteroatoms. The molecule has 1 heterocycles. The van der Waals surface area contributed by atoms with Gasteiger partial charge >= 0.3 is 0 Å². The third-order valence-corrected chi connectivity index (χ3v) is 4.48. The van der Waals surface area contributed by atoms with Gasteiger partial charge in [0.25, 0.3) is 5.91 Å². The second kappa shape index (κ2) is 9.30. The van der Waals surface area contributed by atoms with E-state index >= 15 is 0 Å². The summed E-state index contributed by atoms with van der Waals surface area (Å²) < 4.78 is 10.5. The number of hydrogen-bond acceptors (Lipinski definition) is 4. The van der Waals surface area contributed by atoms with Crippen molar-refractivity contribution in [3.63, 3.8) is 0 Å². The first-order valence-corrected chi connectivity index (χ1v) is 8.89. The van der Waals surface area contributed by atoms with Gasteiger partial charge in [-0.25, -0.2) is 0 Å². The van der Waals surface area contributed by atoms with E-state index in [9.17, 15) is 9.59 Å². The first kappa shape index (κ1) is 19.1. The Morgan fingerprint density at radius 3 is 2.16 bits per heavy atom. The zero-order valence-electron chi connectivity index (χ0n) is 15.4. The lowest BCUT2D eigenvalue weighted by molar-refractivity contribution is -0.131. The molecule has 1 fully saturated rings. The van der Waals surface area contributed by atoms with Crippen LogP contribution in [0.4, 0.5) is 0 Å². The Morgan fingerprint density at radius 1 is 0.960 bits per heavy atom. The summed E-state index contributed by atoms with van der Waals surface area (Å²) in [5.74, 6) is 1.32. The predicted octanol–water partition coefficient (Wildman–Crippen LogP) is 2.57. The number of carbonyl (C=O) groups is 2. The molecule has 1 aromatic carbocycles. The molecule has 0 unspecified atom stereocenters. The van der Waals surface area contributed by atoms with E-state index in [1.807, 2.05) is 4.90 Å². The average molecular weight is 348 g/mol. The van der Waals surface area contributed by atoms with Crippen molar-refractivity contribution in [2.75, 3.05) is 40.4 Å². The Balaban J connectivity index is 2.04. The first-order valence-electron chi connectivity index (χ1n) is 8.89. The lowest BCUT2D eigenvalue weighted by Gasteiger charge is -2.22. The fraction of sp³-hybridized carbons (Fsp3) is 0.579.